The van der Waals surface area contributed by atoms with Crippen molar-refractivity contribution >= 4 is 29.2 Å². The van der Waals surface area contributed by atoms with Crippen molar-refractivity contribution in [2.45, 2.75) is 25.4 Å². The number of imide groups is 1. The Morgan fingerprint density at radius 1 is 1.27 bits per heavy atom. The average molecular weight is 375 g/mol. The van der Waals surface area contributed by atoms with Crippen molar-refractivity contribution < 1.29 is 18.8 Å². The lowest BCUT2D eigenvalue weighted by Gasteiger charge is -2.20. The largest absolute Gasteiger partial charge is 0.343 e. The summed E-state index contributed by atoms with van der Waals surface area (Å²) in [6.07, 6.45) is 0. The van der Waals surface area contributed by atoms with Gasteiger partial charge in [0.2, 0.25) is 5.91 Å². The molecule has 4 amide bonds. The summed E-state index contributed by atoms with van der Waals surface area (Å²) in [7, 11) is 0. The molecule has 1 saturated heterocycles. The highest BCUT2D eigenvalue weighted by atomic mass is 32.1. The van der Waals surface area contributed by atoms with Crippen molar-refractivity contribution in [2.24, 2.45) is 0 Å². The van der Waals surface area contributed by atoms with Crippen LogP contribution in [0.3, 0.4) is 0 Å². The predicted octanol–water partition coefficient (Wildman–Crippen LogP) is 2.42. The zero-order chi connectivity index (χ0) is 18.9. The van der Waals surface area contributed by atoms with Gasteiger partial charge in [-0.05, 0) is 43.0 Å². The van der Waals surface area contributed by atoms with E-state index in [2.05, 4.69) is 10.6 Å². The highest BCUT2D eigenvalue weighted by molar-refractivity contribution is 7.10. The summed E-state index contributed by atoms with van der Waals surface area (Å²) >= 11 is 1.45. The van der Waals surface area contributed by atoms with Crippen LogP contribution in [0.25, 0.3) is 0 Å². The second-order valence-electron chi connectivity index (χ2n) is 6.51. The monoisotopic (exact) mass is 375 g/mol. The van der Waals surface area contributed by atoms with E-state index in [0.717, 1.165) is 9.78 Å². The van der Waals surface area contributed by atoms with E-state index in [4.69, 9.17) is 0 Å². The van der Waals surface area contributed by atoms with Crippen LogP contribution >= 0.6 is 11.3 Å². The number of hydrogen-bond acceptors (Lipinski definition) is 4. The molecular formula is C18H18FN3O3S. The molecule has 8 heteroatoms. The Bertz CT molecular complexity index is 834. The van der Waals surface area contributed by atoms with Crippen LogP contribution < -0.4 is 10.6 Å². The summed E-state index contributed by atoms with van der Waals surface area (Å²) in [5.74, 6) is -1.30. The standard InChI is InChI=1S/C18H18FN3O3S/c1-18(2)16(24)22(17(25)21-18)10-14(23)20-15(13-4-3-9-26-13)11-5-7-12(19)8-6-11/h3-9,15H,10H2,1-2H3,(H,20,23)(H,21,25)/t15-/m1/s1. The molecule has 0 bridgehead atoms. The minimum absolute atomic E-state index is 0.369. The molecule has 1 atom stereocenters. The van der Waals surface area contributed by atoms with Crippen LogP contribution in [-0.4, -0.2) is 34.8 Å². The Morgan fingerprint density at radius 2 is 1.96 bits per heavy atom. The molecule has 0 spiro atoms. The Labute approximate surface area is 154 Å². The number of carbonyl (C=O) groups excluding carboxylic acids is 3. The molecule has 3 rings (SSSR count). The molecule has 6 nitrogen and oxygen atoms in total. The topological polar surface area (TPSA) is 78.5 Å². The second kappa shape index (κ2) is 6.87. The van der Waals surface area contributed by atoms with E-state index in [0.29, 0.717) is 5.56 Å². The minimum atomic E-state index is -1.03. The Morgan fingerprint density at radius 3 is 2.50 bits per heavy atom. The van der Waals surface area contributed by atoms with E-state index in [9.17, 15) is 18.8 Å². The smallest absolute Gasteiger partial charge is 0.325 e. The van der Waals surface area contributed by atoms with E-state index in [1.165, 1.54) is 23.5 Å². The zero-order valence-electron chi connectivity index (χ0n) is 14.3. The highest BCUT2D eigenvalue weighted by Crippen LogP contribution is 2.26. The van der Waals surface area contributed by atoms with Gasteiger partial charge in [-0.15, -0.1) is 11.3 Å². The summed E-state index contributed by atoms with van der Waals surface area (Å²) < 4.78 is 13.2. The lowest BCUT2D eigenvalue weighted by molar-refractivity contribution is -0.134. The average Bonchev–Trinajstić information content (AvgIpc) is 3.17. The number of thiophene rings is 1. The fraction of sp³-hybridized carbons (Fsp3) is 0.278. The summed E-state index contributed by atoms with van der Waals surface area (Å²) in [4.78, 5) is 38.4. The SMILES string of the molecule is CC1(C)NC(=O)N(CC(=O)N[C@H](c2ccc(F)cc2)c2cccs2)C1=O. The predicted molar refractivity (Wildman–Crippen MR) is 95.0 cm³/mol. The quantitative estimate of drug-likeness (QED) is 0.788. The maximum Gasteiger partial charge on any atom is 0.325 e. The molecule has 136 valence electrons. The molecule has 2 N–H and O–H groups in total. The van der Waals surface area contributed by atoms with Crippen molar-refractivity contribution in [3.63, 3.8) is 0 Å². The first kappa shape index (κ1) is 18.1. The number of urea groups is 1. The van der Waals surface area contributed by atoms with Gasteiger partial charge in [-0.2, -0.15) is 0 Å². The summed E-state index contributed by atoms with van der Waals surface area (Å²) in [5, 5.41) is 7.23. The molecule has 2 heterocycles. The van der Waals surface area contributed by atoms with Crippen LogP contribution in [0, 0.1) is 5.82 Å². The number of carbonyl (C=O) groups is 3. The van der Waals surface area contributed by atoms with Crippen molar-refractivity contribution in [3.8, 4) is 0 Å². The van der Waals surface area contributed by atoms with E-state index in [-0.39, 0.29) is 12.4 Å². The van der Waals surface area contributed by atoms with Crippen LogP contribution in [-0.2, 0) is 9.59 Å². The summed E-state index contributed by atoms with van der Waals surface area (Å²) in [5.41, 5.74) is -0.318. The van der Waals surface area contributed by atoms with Gasteiger partial charge in [0, 0.05) is 4.88 Å². The first-order chi connectivity index (χ1) is 12.3. The van der Waals surface area contributed by atoms with Gasteiger partial charge in [-0.3, -0.25) is 14.5 Å². The molecule has 1 aliphatic rings. The maximum atomic E-state index is 13.2. The first-order valence-corrected chi connectivity index (χ1v) is 8.88. The molecule has 0 saturated carbocycles. The van der Waals surface area contributed by atoms with Gasteiger partial charge in [0.15, 0.2) is 0 Å². The third-order valence-corrected chi connectivity index (χ3v) is 5.02. The lowest BCUT2D eigenvalue weighted by Crippen LogP contribution is -2.43. The van der Waals surface area contributed by atoms with Crippen LogP contribution in [0.1, 0.15) is 30.3 Å². The Balaban J connectivity index is 1.77. The van der Waals surface area contributed by atoms with Gasteiger partial charge in [-0.25, -0.2) is 9.18 Å². The zero-order valence-corrected chi connectivity index (χ0v) is 15.1. The van der Waals surface area contributed by atoms with Crippen molar-refractivity contribution in [3.05, 3.63) is 58.0 Å². The highest BCUT2D eigenvalue weighted by Gasteiger charge is 2.45. The normalized spacial score (nSPS) is 17.1. The fourth-order valence-electron chi connectivity index (χ4n) is 2.74. The molecule has 0 aliphatic carbocycles. The molecule has 1 aliphatic heterocycles. The molecule has 2 aromatic rings. The summed E-state index contributed by atoms with van der Waals surface area (Å²) in [6, 6.07) is 8.46. The fourth-order valence-corrected chi connectivity index (χ4v) is 3.54. The number of nitrogens with one attached hydrogen (secondary N) is 2. The molecule has 26 heavy (non-hydrogen) atoms. The summed E-state index contributed by atoms with van der Waals surface area (Å²) in [6.45, 7) is 2.79. The van der Waals surface area contributed by atoms with Crippen LogP contribution in [0.2, 0.25) is 0 Å². The number of hydrogen-bond donors (Lipinski definition) is 2. The molecule has 1 fully saturated rings. The maximum absolute atomic E-state index is 13.2. The molecule has 1 aromatic heterocycles. The van der Waals surface area contributed by atoms with Gasteiger partial charge in [-0.1, -0.05) is 18.2 Å². The number of amides is 4. The third-order valence-electron chi connectivity index (χ3n) is 4.08. The molecule has 0 unspecified atom stereocenters. The van der Waals surface area contributed by atoms with Crippen molar-refractivity contribution in [1.29, 1.82) is 0 Å². The van der Waals surface area contributed by atoms with Crippen LogP contribution in [0.5, 0.6) is 0 Å². The number of benzene rings is 1. The van der Waals surface area contributed by atoms with Crippen LogP contribution in [0.15, 0.2) is 41.8 Å². The van der Waals surface area contributed by atoms with Crippen molar-refractivity contribution in [1.82, 2.24) is 15.5 Å². The van der Waals surface area contributed by atoms with E-state index in [1.807, 2.05) is 17.5 Å². The molecular weight excluding hydrogens is 357 g/mol. The Hall–Kier alpha value is -2.74. The van der Waals surface area contributed by atoms with E-state index < -0.39 is 29.4 Å². The van der Waals surface area contributed by atoms with E-state index >= 15 is 0 Å². The van der Waals surface area contributed by atoms with Gasteiger partial charge < -0.3 is 10.6 Å². The Kier molecular flexibility index (Phi) is 4.78. The number of halogens is 1. The molecule has 0 radical (unpaired) electrons. The van der Waals surface area contributed by atoms with Gasteiger partial charge in [0.05, 0.1) is 6.04 Å². The third kappa shape index (κ3) is 3.60. The number of rotatable bonds is 5. The minimum Gasteiger partial charge on any atom is -0.343 e. The first-order valence-electron chi connectivity index (χ1n) is 8.00. The van der Waals surface area contributed by atoms with Gasteiger partial charge in [0.25, 0.3) is 5.91 Å². The lowest BCUT2D eigenvalue weighted by atomic mass is 10.1. The molecule has 1 aromatic carbocycles. The van der Waals surface area contributed by atoms with E-state index in [1.54, 1.807) is 26.0 Å². The van der Waals surface area contributed by atoms with Gasteiger partial charge in [0.1, 0.15) is 17.9 Å². The van der Waals surface area contributed by atoms with Gasteiger partial charge >= 0.3 is 6.03 Å². The number of nitrogens with zero attached hydrogens (tertiary/aromatic N) is 1. The van der Waals surface area contributed by atoms with Crippen molar-refractivity contribution in [2.75, 3.05) is 6.54 Å². The second-order valence-corrected chi connectivity index (χ2v) is 7.49. The van der Waals surface area contributed by atoms with Crippen LogP contribution in [0.4, 0.5) is 9.18 Å².